The first-order valence-electron chi connectivity index (χ1n) is 14.9. The van der Waals surface area contributed by atoms with Gasteiger partial charge in [-0.05, 0) is 55.9 Å². The molecular formula is C33H48N2O5. The lowest BCUT2D eigenvalue weighted by atomic mass is 9.52. The fourth-order valence-corrected chi connectivity index (χ4v) is 8.16. The van der Waals surface area contributed by atoms with Gasteiger partial charge in [0.15, 0.2) is 0 Å². The third-order valence-electron chi connectivity index (χ3n) is 9.54. The number of carbonyl (C=O) groups is 2. The summed E-state index contributed by atoms with van der Waals surface area (Å²) < 4.78 is 17.7. The summed E-state index contributed by atoms with van der Waals surface area (Å²) in [6.45, 7) is 10.6. The molecule has 1 aromatic carbocycles. The molecule has 0 aromatic heterocycles. The fourth-order valence-electron chi connectivity index (χ4n) is 8.16. The van der Waals surface area contributed by atoms with Crippen LogP contribution < -0.4 is 0 Å². The van der Waals surface area contributed by atoms with Crippen molar-refractivity contribution in [1.82, 2.24) is 9.80 Å². The Kier molecular flexibility index (Phi) is 10.5. The Balaban J connectivity index is 1.67. The van der Waals surface area contributed by atoms with E-state index in [2.05, 4.69) is 30.2 Å². The number of benzene rings is 1. The van der Waals surface area contributed by atoms with Crippen LogP contribution in [0.5, 0.6) is 0 Å². The van der Waals surface area contributed by atoms with Crippen LogP contribution in [0.15, 0.2) is 55.6 Å². The quantitative estimate of drug-likeness (QED) is 0.197. The van der Waals surface area contributed by atoms with Gasteiger partial charge in [0.05, 0.1) is 38.5 Å². The summed E-state index contributed by atoms with van der Waals surface area (Å²) in [5, 5.41) is 0. The van der Waals surface area contributed by atoms with Crippen molar-refractivity contribution in [2.75, 3.05) is 40.5 Å². The molecule has 2 aliphatic heterocycles. The van der Waals surface area contributed by atoms with Crippen molar-refractivity contribution >= 4 is 12.0 Å². The van der Waals surface area contributed by atoms with Crippen molar-refractivity contribution in [2.45, 2.75) is 76.0 Å². The van der Waals surface area contributed by atoms with Gasteiger partial charge in [0.1, 0.15) is 0 Å². The Morgan fingerprint density at radius 1 is 1.05 bits per heavy atom. The molecular weight excluding hydrogens is 504 g/mol. The first-order valence-corrected chi connectivity index (χ1v) is 14.9. The van der Waals surface area contributed by atoms with E-state index in [1.807, 2.05) is 35.3 Å². The lowest BCUT2D eigenvalue weighted by Gasteiger charge is -2.63. The van der Waals surface area contributed by atoms with Gasteiger partial charge in [-0.2, -0.15) is 0 Å². The van der Waals surface area contributed by atoms with E-state index in [4.69, 9.17) is 14.2 Å². The van der Waals surface area contributed by atoms with Crippen LogP contribution in [-0.4, -0.2) is 73.9 Å². The molecule has 5 atom stereocenters. The summed E-state index contributed by atoms with van der Waals surface area (Å²) in [5.41, 5.74) is 0.0598. The van der Waals surface area contributed by atoms with E-state index in [-0.39, 0.29) is 35.3 Å². The van der Waals surface area contributed by atoms with E-state index >= 15 is 0 Å². The predicted molar refractivity (Wildman–Crippen MR) is 157 cm³/mol. The van der Waals surface area contributed by atoms with E-state index in [1.54, 1.807) is 7.11 Å². The lowest BCUT2D eigenvalue weighted by Crippen LogP contribution is -2.76. The number of hydrogen-bond donors (Lipinski definition) is 0. The maximum Gasteiger partial charge on any atom is 0.410 e. The Labute approximate surface area is 240 Å². The third kappa shape index (κ3) is 5.87. The lowest BCUT2D eigenvalue weighted by molar-refractivity contribution is -0.179. The van der Waals surface area contributed by atoms with Crippen molar-refractivity contribution in [3.63, 3.8) is 0 Å². The smallest absolute Gasteiger partial charge is 0.410 e. The third-order valence-corrected chi connectivity index (χ3v) is 9.54. The number of piperidine rings is 1. The number of rotatable bonds is 15. The summed E-state index contributed by atoms with van der Waals surface area (Å²) in [6.07, 6.45) is 11.6. The van der Waals surface area contributed by atoms with Crippen LogP contribution in [0.1, 0.15) is 63.4 Å². The van der Waals surface area contributed by atoms with Crippen LogP contribution in [0, 0.1) is 17.3 Å². The second kappa shape index (κ2) is 13.8. The van der Waals surface area contributed by atoms with Gasteiger partial charge in [-0.25, -0.2) is 4.79 Å². The summed E-state index contributed by atoms with van der Waals surface area (Å²) in [7, 11) is 3.13. The van der Waals surface area contributed by atoms with Crippen LogP contribution >= 0.6 is 0 Å². The van der Waals surface area contributed by atoms with Crippen molar-refractivity contribution < 1.29 is 23.8 Å². The SMILES string of the molecule is C=CCCCCCCC(=O)N1CC[C@@H]2[C@@H]3CN(C(=O)OC)[C@]2(COC)[C@@H]1[C@](CC=C)(COCc1ccccc1)C3. The molecule has 1 aliphatic carbocycles. The van der Waals surface area contributed by atoms with Gasteiger partial charge in [-0.3, -0.25) is 9.69 Å². The zero-order valence-corrected chi connectivity index (χ0v) is 24.5. The number of hydrogen-bond acceptors (Lipinski definition) is 5. The highest BCUT2D eigenvalue weighted by Gasteiger charge is 2.72. The number of likely N-dealkylation sites (tertiary alicyclic amines) is 2. The molecule has 1 aromatic rings. The van der Waals surface area contributed by atoms with Gasteiger partial charge in [0.25, 0.3) is 0 Å². The molecule has 3 aliphatic rings. The molecule has 220 valence electrons. The molecule has 40 heavy (non-hydrogen) atoms. The van der Waals surface area contributed by atoms with E-state index in [0.717, 1.165) is 50.5 Å². The van der Waals surface area contributed by atoms with E-state index in [0.29, 0.717) is 45.8 Å². The minimum Gasteiger partial charge on any atom is -0.453 e. The summed E-state index contributed by atoms with van der Waals surface area (Å²) >= 11 is 0. The number of amides is 2. The number of nitrogens with zero attached hydrogens (tertiary/aromatic N) is 2. The van der Waals surface area contributed by atoms with Crippen LogP contribution in [-0.2, 0) is 25.6 Å². The molecule has 0 unspecified atom stereocenters. The number of methoxy groups -OCH3 is 2. The average molecular weight is 553 g/mol. The Hall–Kier alpha value is -2.64. The van der Waals surface area contributed by atoms with Crippen LogP contribution in [0.4, 0.5) is 4.79 Å². The van der Waals surface area contributed by atoms with Crippen LogP contribution in [0.25, 0.3) is 0 Å². The highest BCUT2D eigenvalue weighted by Crippen LogP contribution is 2.61. The van der Waals surface area contributed by atoms with Gasteiger partial charge < -0.3 is 19.1 Å². The largest absolute Gasteiger partial charge is 0.453 e. The molecule has 0 spiro atoms. The molecule has 4 bridgehead atoms. The number of carbonyl (C=O) groups excluding carboxylic acids is 2. The van der Waals surface area contributed by atoms with Gasteiger partial charge in [-0.15, -0.1) is 13.2 Å². The molecule has 7 nitrogen and oxygen atoms in total. The average Bonchev–Trinajstić information content (AvgIpc) is 3.20. The van der Waals surface area contributed by atoms with E-state index in [1.165, 1.54) is 7.11 Å². The molecule has 2 heterocycles. The summed E-state index contributed by atoms with van der Waals surface area (Å²) in [5.74, 6) is 0.689. The minimum absolute atomic E-state index is 0.161. The normalized spacial score (nSPS) is 28.8. The van der Waals surface area contributed by atoms with Crippen molar-refractivity contribution in [3.05, 3.63) is 61.2 Å². The maximum absolute atomic E-state index is 14.0. The molecule has 4 rings (SSSR count). The van der Waals surface area contributed by atoms with E-state index < -0.39 is 5.54 Å². The number of unbranched alkanes of at least 4 members (excludes halogenated alkanes) is 4. The minimum atomic E-state index is -0.665. The highest BCUT2D eigenvalue weighted by atomic mass is 16.5. The zero-order chi connectivity index (χ0) is 28.6. The fraction of sp³-hybridized carbons (Fsp3) is 0.636. The van der Waals surface area contributed by atoms with Gasteiger partial charge in [-0.1, -0.05) is 55.3 Å². The van der Waals surface area contributed by atoms with Gasteiger partial charge in [0.2, 0.25) is 5.91 Å². The number of allylic oxidation sites excluding steroid dienone is 2. The molecule has 2 amide bonds. The second-order valence-corrected chi connectivity index (χ2v) is 11.9. The molecule has 2 saturated heterocycles. The Morgan fingerprint density at radius 3 is 2.52 bits per heavy atom. The summed E-state index contributed by atoms with van der Waals surface area (Å²) in [4.78, 5) is 31.3. The second-order valence-electron chi connectivity index (χ2n) is 11.9. The molecule has 7 heteroatoms. The number of ether oxygens (including phenoxy) is 3. The Morgan fingerprint density at radius 2 is 1.82 bits per heavy atom. The summed E-state index contributed by atoms with van der Waals surface area (Å²) in [6, 6.07) is 9.92. The monoisotopic (exact) mass is 552 g/mol. The topological polar surface area (TPSA) is 68.3 Å². The van der Waals surface area contributed by atoms with Gasteiger partial charge in [0, 0.05) is 32.0 Å². The van der Waals surface area contributed by atoms with Crippen LogP contribution in [0.3, 0.4) is 0 Å². The molecule has 3 fully saturated rings. The predicted octanol–water partition coefficient (Wildman–Crippen LogP) is 6.00. The van der Waals surface area contributed by atoms with Crippen molar-refractivity contribution in [1.29, 1.82) is 0 Å². The van der Waals surface area contributed by atoms with Gasteiger partial charge >= 0.3 is 6.09 Å². The molecule has 0 radical (unpaired) electrons. The molecule has 0 N–H and O–H groups in total. The maximum atomic E-state index is 14.0. The highest BCUT2D eigenvalue weighted by molar-refractivity contribution is 5.78. The Bertz CT molecular complexity index is 1020. The van der Waals surface area contributed by atoms with E-state index in [9.17, 15) is 9.59 Å². The first kappa shape index (κ1) is 30.3. The zero-order valence-electron chi connectivity index (χ0n) is 24.5. The van der Waals surface area contributed by atoms with Crippen LogP contribution in [0.2, 0.25) is 0 Å². The molecule has 1 saturated carbocycles. The first-order chi connectivity index (χ1) is 19.5. The van der Waals surface area contributed by atoms with Crippen molar-refractivity contribution in [2.24, 2.45) is 17.3 Å². The van der Waals surface area contributed by atoms with Crippen molar-refractivity contribution in [3.8, 4) is 0 Å². The standard InChI is InChI=1S/C33H48N2O5/c1-5-7-8-9-10-14-17-29(36)34-20-18-28-27-21-32(19-6-2,24-40-23-26-15-12-11-13-16-26)30(34)33(28,25-38-3)35(22-27)31(37)39-4/h5-6,11-13,15-16,27-28,30H,1-2,7-10,14,17-25H2,3-4H3/t27-,28+,30-,32-,33-/m0/s1.